The number of hydrazone groups is 1. The van der Waals surface area contributed by atoms with Crippen molar-refractivity contribution in [3.05, 3.63) is 138 Å². The molecule has 4 aromatic rings. The Labute approximate surface area is 233 Å². The zero-order valence-electron chi connectivity index (χ0n) is 21.9. The lowest BCUT2D eigenvalue weighted by Crippen LogP contribution is -2.41. The van der Waals surface area contributed by atoms with Gasteiger partial charge in [0.25, 0.3) is 11.8 Å². The zero-order chi connectivity index (χ0) is 27.6. The van der Waals surface area contributed by atoms with E-state index in [1.807, 2.05) is 91.0 Å². The van der Waals surface area contributed by atoms with Gasteiger partial charge in [0.05, 0.1) is 18.6 Å². The molecule has 40 heavy (non-hydrogen) atoms. The molecule has 1 aliphatic rings. The maximum atomic E-state index is 13.6. The number of hydrogen-bond donors (Lipinski definition) is 1. The van der Waals surface area contributed by atoms with Crippen LogP contribution in [0.5, 0.6) is 0 Å². The molecular weight excluding hydrogens is 502 g/mol. The van der Waals surface area contributed by atoms with Crippen LogP contribution in [0.2, 0.25) is 0 Å². The molecule has 0 aromatic heterocycles. The highest BCUT2D eigenvalue weighted by Gasteiger charge is 2.35. The summed E-state index contributed by atoms with van der Waals surface area (Å²) in [6.45, 7) is 1.34. The number of carbonyl (C=O) groups is 2. The number of amides is 2. The number of hydrogen-bond acceptors (Lipinski definition) is 6. The quantitative estimate of drug-likeness (QED) is 0.227. The molecule has 5 rings (SSSR count). The molecule has 1 aliphatic heterocycles. The van der Waals surface area contributed by atoms with E-state index in [4.69, 9.17) is 4.84 Å². The molecule has 0 atom stereocenters. The third kappa shape index (κ3) is 6.86. The summed E-state index contributed by atoms with van der Waals surface area (Å²) in [6, 6.07) is 37.2. The molecule has 0 spiro atoms. The van der Waals surface area contributed by atoms with Crippen LogP contribution in [-0.4, -0.2) is 41.9 Å². The summed E-state index contributed by atoms with van der Waals surface area (Å²) in [5.41, 5.74) is 7.17. The summed E-state index contributed by atoms with van der Waals surface area (Å²) < 4.78 is 0. The molecule has 0 saturated heterocycles. The van der Waals surface area contributed by atoms with Gasteiger partial charge in [-0.25, -0.2) is 5.43 Å². The maximum absolute atomic E-state index is 13.6. The van der Waals surface area contributed by atoms with Crippen LogP contribution in [0.1, 0.15) is 22.3 Å². The van der Waals surface area contributed by atoms with Gasteiger partial charge in [-0.05, 0) is 22.8 Å². The summed E-state index contributed by atoms with van der Waals surface area (Å²) in [4.78, 5) is 34.9. The third-order valence-electron chi connectivity index (χ3n) is 6.30. The Morgan fingerprint density at radius 1 is 0.800 bits per heavy atom. The lowest BCUT2D eigenvalue weighted by molar-refractivity contribution is -0.125. The number of rotatable bonds is 11. The fourth-order valence-corrected chi connectivity index (χ4v) is 4.43. The van der Waals surface area contributed by atoms with Gasteiger partial charge in [-0.15, -0.1) is 0 Å². The molecule has 200 valence electrons. The van der Waals surface area contributed by atoms with Crippen molar-refractivity contribution in [2.24, 2.45) is 10.3 Å². The van der Waals surface area contributed by atoms with Crippen molar-refractivity contribution in [3.63, 3.8) is 0 Å². The van der Waals surface area contributed by atoms with E-state index in [2.05, 4.69) is 44.8 Å². The van der Waals surface area contributed by atoms with E-state index < -0.39 is 5.91 Å². The standard InChI is InChI=1S/C32H29N5O3/c38-30(23-40-33-20-25-12-4-1-5-13-25)34-35-31-28-18-10-11-19-29(28)37(32(31)39)24-36(21-26-14-6-2-7-15-26)22-27-16-8-3-9-17-27/h1-20H,21-24H2,(H,34,38)/b33-20+,35-31-. The first-order chi connectivity index (χ1) is 19.7. The summed E-state index contributed by atoms with van der Waals surface area (Å²) >= 11 is 0. The van der Waals surface area contributed by atoms with E-state index in [0.29, 0.717) is 25.3 Å². The van der Waals surface area contributed by atoms with Crippen molar-refractivity contribution in [2.45, 2.75) is 13.1 Å². The molecule has 0 aliphatic carbocycles. The van der Waals surface area contributed by atoms with Gasteiger partial charge in [0, 0.05) is 18.7 Å². The first-order valence-electron chi connectivity index (χ1n) is 13.0. The number of oxime groups is 1. The lowest BCUT2D eigenvalue weighted by atomic mass is 10.1. The summed E-state index contributed by atoms with van der Waals surface area (Å²) in [7, 11) is 0. The topological polar surface area (TPSA) is 86.6 Å². The number of carbonyl (C=O) groups excluding carboxylic acids is 2. The number of nitrogens with one attached hydrogen (secondary N) is 1. The number of para-hydroxylation sites is 1. The van der Waals surface area contributed by atoms with Crippen LogP contribution < -0.4 is 10.3 Å². The number of nitrogens with zero attached hydrogens (tertiary/aromatic N) is 4. The van der Waals surface area contributed by atoms with E-state index in [9.17, 15) is 9.59 Å². The van der Waals surface area contributed by atoms with Crippen LogP contribution >= 0.6 is 0 Å². The predicted molar refractivity (Wildman–Crippen MR) is 156 cm³/mol. The molecule has 0 fully saturated rings. The summed E-state index contributed by atoms with van der Waals surface area (Å²) in [6.07, 6.45) is 1.52. The van der Waals surface area contributed by atoms with Gasteiger partial charge < -0.3 is 4.84 Å². The Hall–Kier alpha value is -5.08. The molecule has 8 nitrogen and oxygen atoms in total. The largest absolute Gasteiger partial charge is 0.386 e. The van der Waals surface area contributed by atoms with Gasteiger partial charge in [0.1, 0.15) is 0 Å². The first kappa shape index (κ1) is 26.5. The molecule has 1 heterocycles. The van der Waals surface area contributed by atoms with Crippen LogP contribution in [-0.2, 0) is 27.5 Å². The minimum atomic E-state index is -0.517. The van der Waals surface area contributed by atoms with Crippen LogP contribution in [0.3, 0.4) is 0 Å². The molecule has 0 saturated carbocycles. The average Bonchev–Trinajstić information content (AvgIpc) is 3.26. The molecule has 8 heteroatoms. The zero-order valence-corrected chi connectivity index (χ0v) is 21.9. The monoisotopic (exact) mass is 531 g/mol. The Morgan fingerprint density at radius 3 is 2.02 bits per heavy atom. The normalized spacial score (nSPS) is 13.7. The molecule has 1 N–H and O–H groups in total. The van der Waals surface area contributed by atoms with Gasteiger partial charge in [0.2, 0.25) is 0 Å². The fraction of sp³-hybridized carbons (Fsp3) is 0.125. The second-order valence-corrected chi connectivity index (χ2v) is 9.26. The Balaban J connectivity index is 1.28. The second-order valence-electron chi connectivity index (χ2n) is 9.26. The molecule has 4 aromatic carbocycles. The lowest BCUT2D eigenvalue weighted by Gasteiger charge is -2.28. The molecule has 0 radical (unpaired) electrons. The van der Waals surface area contributed by atoms with Crippen LogP contribution in [0, 0.1) is 0 Å². The van der Waals surface area contributed by atoms with Gasteiger partial charge in [-0.1, -0.05) is 114 Å². The van der Waals surface area contributed by atoms with Gasteiger partial charge in [-0.3, -0.25) is 19.4 Å². The van der Waals surface area contributed by atoms with Crippen molar-refractivity contribution in [3.8, 4) is 0 Å². The van der Waals surface area contributed by atoms with E-state index in [1.165, 1.54) is 6.21 Å². The number of fused-ring (bicyclic) bond motifs is 1. The van der Waals surface area contributed by atoms with Crippen molar-refractivity contribution in [1.29, 1.82) is 0 Å². The highest BCUT2D eigenvalue weighted by atomic mass is 16.6. The van der Waals surface area contributed by atoms with E-state index in [0.717, 1.165) is 22.4 Å². The van der Waals surface area contributed by atoms with Crippen LogP contribution in [0.25, 0.3) is 0 Å². The summed E-state index contributed by atoms with van der Waals surface area (Å²) in [5.74, 6) is -0.799. The van der Waals surface area contributed by atoms with Crippen LogP contribution in [0.15, 0.2) is 126 Å². The second kappa shape index (κ2) is 13.1. The van der Waals surface area contributed by atoms with Crippen LogP contribution in [0.4, 0.5) is 5.69 Å². The molecule has 0 unspecified atom stereocenters. The van der Waals surface area contributed by atoms with Crippen molar-refractivity contribution in [2.75, 3.05) is 18.2 Å². The van der Waals surface area contributed by atoms with Gasteiger partial charge in [-0.2, -0.15) is 5.10 Å². The molecule has 0 bridgehead atoms. The summed E-state index contributed by atoms with van der Waals surface area (Å²) in [5, 5.41) is 7.99. The molecule has 2 amide bonds. The van der Waals surface area contributed by atoms with Gasteiger partial charge in [0.15, 0.2) is 12.3 Å². The smallest absolute Gasteiger partial charge is 0.280 e. The third-order valence-corrected chi connectivity index (χ3v) is 6.30. The highest BCUT2D eigenvalue weighted by molar-refractivity contribution is 6.54. The Kier molecular flexibility index (Phi) is 8.70. The molecular formula is C32H29N5O3. The average molecular weight is 532 g/mol. The minimum Gasteiger partial charge on any atom is -0.386 e. The SMILES string of the molecule is O=C(CO/N=C/c1ccccc1)N/N=C1\C(=O)N(CN(Cc2ccccc2)Cc2ccccc2)c2ccccc21. The first-order valence-corrected chi connectivity index (χ1v) is 13.0. The number of anilines is 1. The van der Waals surface area contributed by atoms with Crippen molar-refractivity contribution in [1.82, 2.24) is 10.3 Å². The predicted octanol–water partition coefficient (Wildman–Crippen LogP) is 4.56. The Morgan fingerprint density at radius 2 is 1.38 bits per heavy atom. The number of benzene rings is 4. The highest BCUT2D eigenvalue weighted by Crippen LogP contribution is 2.29. The van der Waals surface area contributed by atoms with E-state index >= 15 is 0 Å². The van der Waals surface area contributed by atoms with Gasteiger partial charge >= 0.3 is 0 Å². The van der Waals surface area contributed by atoms with E-state index in [1.54, 1.807) is 4.90 Å². The van der Waals surface area contributed by atoms with Crippen molar-refractivity contribution < 1.29 is 14.4 Å². The maximum Gasteiger partial charge on any atom is 0.280 e. The van der Waals surface area contributed by atoms with Crippen molar-refractivity contribution >= 4 is 29.4 Å². The minimum absolute atomic E-state index is 0.177. The Bertz CT molecular complexity index is 1450. The van der Waals surface area contributed by atoms with E-state index in [-0.39, 0.29) is 18.2 Å². The fourth-order valence-electron chi connectivity index (χ4n) is 4.43.